The van der Waals surface area contributed by atoms with Gasteiger partial charge in [-0.3, -0.25) is 4.79 Å². The van der Waals surface area contributed by atoms with Crippen LogP contribution in [-0.4, -0.2) is 36.3 Å². The lowest BCUT2D eigenvalue weighted by molar-refractivity contribution is 0.102. The third-order valence-electron chi connectivity index (χ3n) is 6.55. The first-order valence-electron chi connectivity index (χ1n) is 12.6. The van der Waals surface area contributed by atoms with E-state index in [4.69, 9.17) is 9.73 Å². The van der Waals surface area contributed by atoms with Crippen molar-refractivity contribution in [3.63, 3.8) is 0 Å². The molecular weight excluding hydrogens is 482 g/mol. The molecule has 0 aliphatic carbocycles. The van der Waals surface area contributed by atoms with Crippen LogP contribution >= 0.6 is 11.3 Å². The minimum atomic E-state index is -0.329. The molecule has 37 heavy (non-hydrogen) atoms. The van der Waals surface area contributed by atoms with Gasteiger partial charge in [0.2, 0.25) is 0 Å². The Morgan fingerprint density at radius 3 is 2.62 bits per heavy atom. The van der Waals surface area contributed by atoms with Gasteiger partial charge in [-0.2, -0.15) is 0 Å². The number of benzene rings is 3. The Morgan fingerprint density at radius 1 is 1.05 bits per heavy atom. The summed E-state index contributed by atoms with van der Waals surface area (Å²) in [6.07, 6.45) is 3.02. The van der Waals surface area contributed by atoms with Gasteiger partial charge in [0.15, 0.2) is 0 Å². The average Bonchev–Trinajstić information content (AvgIpc) is 3.30. The highest BCUT2D eigenvalue weighted by molar-refractivity contribution is 7.16. The highest BCUT2D eigenvalue weighted by Gasteiger charge is 2.30. The first kappa shape index (κ1) is 24.7. The first-order chi connectivity index (χ1) is 18.1. The van der Waals surface area contributed by atoms with Crippen molar-refractivity contribution >= 4 is 51.0 Å². The van der Waals surface area contributed by atoms with Gasteiger partial charge in [0.1, 0.15) is 5.00 Å². The maximum Gasteiger partial charge on any atom is 0.410 e. The Kier molecular flexibility index (Phi) is 7.32. The molecule has 0 radical (unpaired) electrons. The lowest BCUT2D eigenvalue weighted by atomic mass is 10.0. The van der Waals surface area contributed by atoms with Gasteiger partial charge in [0.05, 0.1) is 18.7 Å². The van der Waals surface area contributed by atoms with Crippen molar-refractivity contribution in [1.29, 1.82) is 0 Å². The quantitative estimate of drug-likeness (QED) is 0.284. The van der Waals surface area contributed by atoms with E-state index < -0.39 is 0 Å². The van der Waals surface area contributed by atoms with Crippen LogP contribution in [-0.2, 0) is 24.1 Å². The summed E-state index contributed by atoms with van der Waals surface area (Å²) in [5.74, 6) is -0.188. The van der Waals surface area contributed by atoms with Gasteiger partial charge in [-0.05, 0) is 47.9 Å². The van der Waals surface area contributed by atoms with Crippen molar-refractivity contribution in [2.45, 2.75) is 33.2 Å². The molecule has 0 bridgehead atoms. The molecule has 1 aliphatic heterocycles. The van der Waals surface area contributed by atoms with E-state index in [9.17, 15) is 9.59 Å². The van der Waals surface area contributed by atoms with Crippen LogP contribution in [0, 0.1) is 0 Å². The maximum absolute atomic E-state index is 13.7. The van der Waals surface area contributed by atoms with Crippen molar-refractivity contribution in [1.82, 2.24) is 4.90 Å². The van der Waals surface area contributed by atoms with Crippen LogP contribution in [0.3, 0.4) is 0 Å². The summed E-state index contributed by atoms with van der Waals surface area (Å²) in [6.45, 7) is 5.16. The number of aryl methyl sites for hydroxylation is 1. The van der Waals surface area contributed by atoms with Gasteiger partial charge in [0, 0.05) is 28.7 Å². The van der Waals surface area contributed by atoms with E-state index in [0.717, 1.165) is 38.9 Å². The molecular formula is C30H29N3O3S. The molecule has 0 atom stereocenters. The maximum atomic E-state index is 13.7. The molecule has 0 fully saturated rings. The van der Waals surface area contributed by atoms with Gasteiger partial charge < -0.3 is 15.0 Å². The minimum Gasteiger partial charge on any atom is -0.450 e. The van der Waals surface area contributed by atoms with Crippen LogP contribution in [0.25, 0.3) is 10.8 Å². The molecule has 0 saturated heterocycles. The molecule has 6 nitrogen and oxygen atoms in total. The standard InChI is InChI=1S/C30H29N3O3S/c1-3-20-12-14-21(15-13-20)18-31-29-27(24-16-17-33(19-26(24)37-29)30(35)36-4-2)28(34)32-25-11-7-9-22-8-5-6-10-23(22)25/h5-15,18H,3-4,16-17,19H2,1-2H3,(H,32,34)/b31-18+. The lowest BCUT2D eigenvalue weighted by Gasteiger charge is -2.26. The molecule has 5 rings (SSSR count). The fraction of sp³-hybridized carbons (Fsp3) is 0.233. The Morgan fingerprint density at radius 2 is 1.84 bits per heavy atom. The number of carbonyl (C=O) groups is 2. The molecule has 1 aromatic heterocycles. The Bertz CT molecular complexity index is 1470. The predicted octanol–water partition coefficient (Wildman–Crippen LogP) is 6.98. The second-order valence-corrected chi connectivity index (χ2v) is 9.97. The van der Waals surface area contributed by atoms with E-state index in [1.54, 1.807) is 18.0 Å². The zero-order chi connectivity index (χ0) is 25.8. The summed E-state index contributed by atoms with van der Waals surface area (Å²) in [5, 5.41) is 5.83. The van der Waals surface area contributed by atoms with Crippen molar-refractivity contribution in [2.75, 3.05) is 18.5 Å². The largest absolute Gasteiger partial charge is 0.450 e. The zero-order valence-corrected chi connectivity index (χ0v) is 21.8. The molecule has 2 heterocycles. The first-order valence-corrected chi connectivity index (χ1v) is 13.4. The van der Waals surface area contributed by atoms with Crippen molar-refractivity contribution in [3.05, 3.63) is 93.9 Å². The van der Waals surface area contributed by atoms with E-state index in [2.05, 4.69) is 24.4 Å². The lowest BCUT2D eigenvalue weighted by Crippen LogP contribution is -2.36. The van der Waals surface area contributed by atoms with E-state index >= 15 is 0 Å². The third-order valence-corrected chi connectivity index (χ3v) is 7.67. The molecule has 1 aliphatic rings. The summed E-state index contributed by atoms with van der Waals surface area (Å²) >= 11 is 1.46. The number of aliphatic imine (C=N–C) groups is 1. The Labute approximate surface area is 220 Å². The highest BCUT2D eigenvalue weighted by Crippen LogP contribution is 2.40. The van der Waals surface area contributed by atoms with Gasteiger partial charge >= 0.3 is 6.09 Å². The molecule has 2 amide bonds. The van der Waals surface area contributed by atoms with Gasteiger partial charge in [-0.25, -0.2) is 9.79 Å². The fourth-order valence-corrected chi connectivity index (χ4v) is 5.78. The number of carbonyl (C=O) groups excluding carboxylic acids is 2. The van der Waals surface area contributed by atoms with Crippen LogP contribution in [0.1, 0.15) is 45.8 Å². The normalized spacial score (nSPS) is 13.1. The average molecular weight is 512 g/mol. The SMILES string of the molecule is CCOC(=O)N1CCc2c(sc(/N=C/c3ccc(CC)cc3)c2C(=O)Nc2cccc3ccccc23)C1. The molecule has 7 heteroatoms. The summed E-state index contributed by atoms with van der Waals surface area (Å²) in [4.78, 5) is 33.5. The van der Waals surface area contributed by atoms with Gasteiger partial charge in [-0.15, -0.1) is 11.3 Å². The number of ether oxygens (including phenoxy) is 1. The highest BCUT2D eigenvalue weighted by atomic mass is 32.1. The number of anilines is 1. The number of amides is 2. The smallest absolute Gasteiger partial charge is 0.410 e. The number of fused-ring (bicyclic) bond motifs is 2. The second kappa shape index (κ2) is 11.0. The number of rotatable bonds is 6. The number of nitrogens with one attached hydrogen (secondary N) is 1. The number of thiophene rings is 1. The van der Waals surface area contributed by atoms with Crippen molar-refractivity contribution in [3.8, 4) is 0 Å². The Balaban J connectivity index is 1.50. The predicted molar refractivity (Wildman–Crippen MR) is 150 cm³/mol. The van der Waals surface area contributed by atoms with Crippen LogP contribution in [0.5, 0.6) is 0 Å². The third kappa shape index (κ3) is 5.27. The fourth-order valence-electron chi connectivity index (χ4n) is 4.58. The molecule has 0 spiro atoms. The van der Waals surface area contributed by atoms with Crippen LogP contribution in [0.15, 0.2) is 71.7 Å². The van der Waals surface area contributed by atoms with Crippen LogP contribution in [0.2, 0.25) is 0 Å². The van der Waals surface area contributed by atoms with Crippen LogP contribution in [0.4, 0.5) is 15.5 Å². The van der Waals surface area contributed by atoms with Crippen molar-refractivity contribution < 1.29 is 14.3 Å². The molecule has 188 valence electrons. The molecule has 4 aromatic rings. The zero-order valence-electron chi connectivity index (χ0n) is 21.0. The van der Waals surface area contributed by atoms with Gasteiger partial charge in [0.25, 0.3) is 5.91 Å². The summed E-state index contributed by atoms with van der Waals surface area (Å²) in [6, 6.07) is 22.1. The van der Waals surface area contributed by atoms with Gasteiger partial charge in [-0.1, -0.05) is 67.6 Å². The number of hydrogen-bond donors (Lipinski definition) is 1. The Hall–Kier alpha value is -3.97. The van der Waals surface area contributed by atoms with Crippen molar-refractivity contribution in [2.24, 2.45) is 4.99 Å². The summed E-state index contributed by atoms with van der Waals surface area (Å²) in [5.41, 5.74) is 4.53. The van der Waals surface area contributed by atoms with E-state index in [0.29, 0.717) is 36.7 Å². The number of nitrogens with zero attached hydrogens (tertiary/aromatic N) is 2. The number of hydrogen-bond acceptors (Lipinski definition) is 5. The van der Waals surface area contributed by atoms with E-state index in [1.165, 1.54) is 16.9 Å². The molecule has 3 aromatic carbocycles. The molecule has 1 N–H and O–H groups in total. The van der Waals surface area contributed by atoms with E-state index in [1.807, 2.05) is 54.6 Å². The monoisotopic (exact) mass is 511 g/mol. The topological polar surface area (TPSA) is 71.0 Å². The van der Waals surface area contributed by atoms with E-state index in [-0.39, 0.29) is 12.0 Å². The molecule has 0 unspecified atom stereocenters. The minimum absolute atomic E-state index is 0.188. The second-order valence-electron chi connectivity index (χ2n) is 8.89. The molecule has 0 saturated carbocycles. The summed E-state index contributed by atoms with van der Waals surface area (Å²) < 4.78 is 5.21. The van der Waals surface area contributed by atoms with Crippen LogP contribution < -0.4 is 5.32 Å². The summed E-state index contributed by atoms with van der Waals surface area (Å²) in [7, 11) is 0.